The van der Waals surface area contributed by atoms with Crippen LogP contribution >= 0.6 is 0 Å². The van der Waals surface area contributed by atoms with Crippen molar-refractivity contribution >= 4 is 11.6 Å². The summed E-state index contributed by atoms with van der Waals surface area (Å²) in [5, 5.41) is 13.2. The molecule has 0 aliphatic heterocycles. The van der Waals surface area contributed by atoms with Gasteiger partial charge in [0.2, 0.25) is 5.95 Å². The molecular weight excluding hydrogens is 200 g/mol. The third-order valence-corrected chi connectivity index (χ3v) is 1.58. The Morgan fingerprint density at radius 2 is 2.20 bits per heavy atom. The molecule has 0 fully saturated rings. The van der Waals surface area contributed by atoms with Crippen LogP contribution in [0.15, 0.2) is 12.4 Å². The zero-order chi connectivity index (χ0) is 11.1. The van der Waals surface area contributed by atoms with Crippen LogP contribution in [0.2, 0.25) is 0 Å². The molecule has 0 saturated carbocycles. The highest BCUT2D eigenvalue weighted by molar-refractivity contribution is 5.30. The number of rotatable bonds is 6. The van der Waals surface area contributed by atoms with Gasteiger partial charge in [-0.15, -0.1) is 0 Å². The number of nitro groups is 1. The number of hydrogen-bond acceptors (Lipinski definition) is 6. The van der Waals surface area contributed by atoms with Crippen molar-refractivity contribution in [2.75, 3.05) is 25.1 Å². The van der Waals surface area contributed by atoms with E-state index in [1.165, 1.54) is 0 Å². The molecular formula is C8H12N4O3. The maximum Gasteiger partial charge on any atom is 0.305 e. The summed E-state index contributed by atoms with van der Waals surface area (Å²) in [6.45, 7) is 3.69. The highest BCUT2D eigenvalue weighted by Crippen LogP contribution is 2.07. The molecule has 0 aromatic carbocycles. The summed E-state index contributed by atoms with van der Waals surface area (Å²) in [5.41, 5.74) is -0.120. The normalized spacial score (nSPS) is 9.93. The Balaban J connectivity index is 2.39. The molecule has 0 aliphatic rings. The molecule has 1 rings (SSSR count). The van der Waals surface area contributed by atoms with Gasteiger partial charge in [0.25, 0.3) is 0 Å². The monoisotopic (exact) mass is 212 g/mol. The van der Waals surface area contributed by atoms with Gasteiger partial charge in [-0.25, -0.2) is 9.97 Å². The summed E-state index contributed by atoms with van der Waals surface area (Å²) in [5.74, 6) is 0.361. The first kappa shape index (κ1) is 11.3. The van der Waals surface area contributed by atoms with E-state index in [-0.39, 0.29) is 5.69 Å². The average Bonchev–Trinajstić information content (AvgIpc) is 2.25. The summed E-state index contributed by atoms with van der Waals surface area (Å²) < 4.78 is 5.09. The average molecular weight is 212 g/mol. The van der Waals surface area contributed by atoms with Crippen molar-refractivity contribution in [3.8, 4) is 0 Å². The Morgan fingerprint density at radius 1 is 1.53 bits per heavy atom. The Bertz CT molecular complexity index is 314. The summed E-state index contributed by atoms with van der Waals surface area (Å²) >= 11 is 0. The van der Waals surface area contributed by atoms with Crippen LogP contribution < -0.4 is 5.32 Å². The first-order valence-electron chi connectivity index (χ1n) is 4.52. The van der Waals surface area contributed by atoms with Gasteiger partial charge in [-0.2, -0.15) is 0 Å². The Hall–Kier alpha value is -1.76. The van der Waals surface area contributed by atoms with Crippen molar-refractivity contribution in [2.24, 2.45) is 0 Å². The lowest BCUT2D eigenvalue weighted by Crippen LogP contribution is -2.11. The third-order valence-electron chi connectivity index (χ3n) is 1.58. The molecule has 0 radical (unpaired) electrons. The topological polar surface area (TPSA) is 90.2 Å². The second kappa shape index (κ2) is 5.86. The fraction of sp³-hybridized carbons (Fsp3) is 0.500. The largest absolute Gasteiger partial charge is 0.380 e. The quantitative estimate of drug-likeness (QED) is 0.426. The van der Waals surface area contributed by atoms with E-state index >= 15 is 0 Å². The molecule has 15 heavy (non-hydrogen) atoms. The van der Waals surface area contributed by atoms with Gasteiger partial charge in [0.1, 0.15) is 12.4 Å². The lowest BCUT2D eigenvalue weighted by atomic mass is 10.5. The van der Waals surface area contributed by atoms with E-state index < -0.39 is 4.92 Å². The highest BCUT2D eigenvalue weighted by atomic mass is 16.6. The minimum Gasteiger partial charge on any atom is -0.380 e. The maximum absolute atomic E-state index is 10.3. The number of nitrogens with one attached hydrogen (secondary N) is 1. The van der Waals surface area contributed by atoms with E-state index in [1.54, 1.807) is 0 Å². The third kappa shape index (κ3) is 3.86. The highest BCUT2D eigenvalue weighted by Gasteiger charge is 2.05. The predicted octanol–water partition coefficient (Wildman–Crippen LogP) is 0.833. The zero-order valence-corrected chi connectivity index (χ0v) is 8.34. The van der Waals surface area contributed by atoms with Crippen LogP contribution in [0.5, 0.6) is 0 Å². The number of ether oxygens (including phenoxy) is 1. The van der Waals surface area contributed by atoms with Gasteiger partial charge in [0, 0.05) is 13.2 Å². The van der Waals surface area contributed by atoms with Crippen LogP contribution in [0, 0.1) is 10.1 Å². The van der Waals surface area contributed by atoms with Gasteiger partial charge in [-0.3, -0.25) is 10.1 Å². The van der Waals surface area contributed by atoms with Crippen molar-refractivity contribution in [3.05, 3.63) is 22.5 Å². The van der Waals surface area contributed by atoms with Crippen molar-refractivity contribution < 1.29 is 9.66 Å². The Kier molecular flexibility index (Phi) is 4.42. The Labute approximate surface area is 86.6 Å². The summed E-state index contributed by atoms with van der Waals surface area (Å²) in [6, 6.07) is 0. The van der Waals surface area contributed by atoms with Crippen LogP contribution in [0.3, 0.4) is 0 Å². The number of aromatic nitrogens is 2. The number of anilines is 1. The van der Waals surface area contributed by atoms with E-state index in [2.05, 4.69) is 15.3 Å². The summed E-state index contributed by atoms with van der Waals surface area (Å²) in [6.07, 6.45) is 2.33. The lowest BCUT2D eigenvalue weighted by Gasteiger charge is -2.03. The van der Waals surface area contributed by atoms with Gasteiger partial charge >= 0.3 is 5.69 Å². The van der Waals surface area contributed by atoms with Crippen molar-refractivity contribution in [1.82, 2.24) is 9.97 Å². The molecule has 0 atom stereocenters. The molecule has 7 nitrogen and oxygen atoms in total. The SMILES string of the molecule is CCOCCNc1ncc([N+](=O)[O-])cn1. The molecule has 7 heteroatoms. The van der Waals surface area contributed by atoms with Crippen LogP contribution in [0.1, 0.15) is 6.92 Å². The minimum atomic E-state index is -0.538. The standard InChI is InChI=1S/C8H12N4O3/c1-2-15-4-3-9-8-10-5-7(6-11-8)12(13)14/h5-6H,2-4H2,1H3,(H,9,10,11). The molecule has 0 unspecified atom stereocenters. The second-order valence-corrected chi connectivity index (χ2v) is 2.65. The molecule has 82 valence electrons. The molecule has 1 aromatic heterocycles. The van der Waals surface area contributed by atoms with Crippen molar-refractivity contribution in [3.63, 3.8) is 0 Å². The molecule has 0 saturated heterocycles. The first-order valence-corrected chi connectivity index (χ1v) is 4.52. The van der Waals surface area contributed by atoms with Gasteiger partial charge < -0.3 is 10.1 Å². The zero-order valence-electron chi connectivity index (χ0n) is 8.34. The molecule has 1 heterocycles. The molecule has 0 spiro atoms. The first-order chi connectivity index (χ1) is 7.24. The second-order valence-electron chi connectivity index (χ2n) is 2.65. The van der Waals surface area contributed by atoms with Gasteiger partial charge in [-0.05, 0) is 6.92 Å². The molecule has 0 bridgehead atoms. The predicted molar refractivity (Wildman–Crippen MR) is 53.7 cm³/mol. The van der Waals surface area contributed by atoms with Gasteiger partial charge in [0.15, 0.2) is 0 Å². The van der Waals surface area contributed by atoms with Crippen LogP contribution in [-0.2, 0) is 4.74 Å². The van der Waals surface area contributed by atoms with Gasteiger partial charge in [-0.1, -0.05) is 0 Å². The van der Waals surface area contributed by atoms with Crippen LogP contribution in [-0.4, -0.2) is 34.6 Å². The molecule has 1 N–H and O–H groups in total. The molecule has 1 aromatic rings. The maximum atomic E-state index is 10.3. The van der Waals surface area contributed by atoms with E-state index in [0.717, 1.165) is 12.4 Å². The number of hydrogen-bond donors (Lipinski definition) is 1. The summed E-state index contributed by atoms with van der Waals surface area (Å²) in [7, 11) is 0. The lowest BCUT2D eigenvalue weighted by molar-refractivity contribution is -0.385. The van der Waals surface area contributed by atoms with E-state index in [1.807, 2.05) is 6.92 Å². The fourth-order valence-electron chi connectivity index (χ4n) is 0.886. The smallest absolute Gasteiger partial charge is 0.305 e. The fourth-order valence-corrected chi connectivity index (χ4v) is 0.886. The minimum absolute atomic E-state index is 0.120. The van der Waals surface area contributed by atoms with E-state index in [0.29, 0.717) is 25.7 Å². The van der Waals surface area contributed by atoms with Crippen LogP contribution in [0.25, 0.3) is 0 Å². The van der Waals surface area contributed by atoms with Crippen molar-refractivity contribution in [1.29, 1.82) is 0 Å². The summed E-state index contributed by atoms with van der Waals surface area (Å²) in [4.78, 5) is 17.3. The molecule has 0 aliphatic carbocycles. The van der Waals surface area contributed by atoms with Gasteiger partial charge in [0.05, 0.1) is 11.5 Å². The Morgan fingerprint density at radius 3 is 2.73 bits per heavy atom. The van der Waals surface area contributed by atoms with Crippen LogP contribution in [0.4, 0.5) is 11.6 Å². The van der Waals surface area contributed by atoms with E-state index in [4.69, 9.17) is 4.74 Å². The molecule has 0 amide bonds. The van der Waals surface area contributed by atoms with E-state index in [9.17, 15) is 10.1 Å². The van der Waals surface area contributed by atoms with Crippen molar-refractivity contribution in [2.45, 2.75) is 6.92 Å². The number of nitrogens with zero attached hydrogens (tertiary/aromatic N) is 3.